The Morgan fingerprint density at radius 1 is 1.07 bits per heavy atom. The van der Waals surface area contributed by atoms with E-state index in [9.17, 15) is 4.79 Å². The molecule has 4 atom stereocenters. The minimum absolute atomic E-state index is 0.109. The van der Waals surface area contributed by atoms with Gasteiger partial charge in [-0.15, -0.1) is 0 Å². The Labute approximate surface area is 181 Å². The Morgan fingerprint density at radius 3 is 2.47 bits per heavy atom. The molecule has 4 nitrogen and oxygen atoms in total. The minimum Gasteiger partial charge on any atom is -0.497 e. The van der Waals surface area contributed by atoms with Crippen molar-refractivity contribution in [3.05, 3.63) is 65.7 Å². The molecule has 1 saturated carbocycles. The molecule has 0 amide bonds. The van der Waals surface area contributed by atoms with Crippen molar-refractivity contribution in [3.63, 3.8) is 0 Å². The highest BCUT2D eigenvalue weighted by Crippen LogP contribution is 2.35. The van der Waals surface area contributed by atoms with Crippen LogP contribution in [0.2, 0.25) is 0 Å². The Balaban J connectivity index is 1.63. The molecule has 30 heavy (non-hydrogen) atoms. The maximum absolute atomic E-state index is 11.8. The van der Waals surface area contributed by atoms with E-state index >= 15 is 0 Å². The Kier molecular flexibility index (Phi) is 8.32. The van der Waals surface area contributed by atoms with E-state index in [4.69, 9.17) is 9.47 Å². The molecule has 0 spiro atoms. The first kappa shape index (κ1) is 22.4. The van der Waals surface area contributed by atoms with Crippen molar-refractivity contribution in [2.45, 2.75) is 57.5 Å². The van der Waals surface area contributed by atoms with Gasteiger partial charge in [-0.3, -0.25) is 4.79 Å². The van der Waals surface area contributed by atoms with Gasteiger partial charge >= 0.3 is 5.97 Å². The molecule has 1 aliphatic rings. The Bertz CT molecular complexity index is 775. The zero-order valence-corrected chi connectivity index (χ0v) is 18.5. The average Bonchev–Trinajstić information content (AvgIpc) is 2.79. The first-order valence-corrected chi connectivity index (χ1v) is 11.1. The lowest BCUT2D eigenvalue weighted by Gasteiger charge is -2.38. The SMILES string of the molecule is COC(=O)CC[C@@H]1C[C@@H](Cc2ccc(OC)cc2)CC[C@@H]1N[C@@H](C)c1ccccc1. The van der Waals surface area contributed by atoms with E-state index in [0.717, 1.165) is 31.4 Å². The third-order valence-corrected chi connectivity index (χ3v) is 6.49. The van der Waals surface area contributed by atoms with E-state index in [2.05, 4.69) is 54.7 Å². The van der Waals surface area contributed by atoms with Gasteiger partial charge in [0.15, 0.2) is 0 Å². The number of hydrogen-bond acceptors (Lipinski definition) is 4. The quantitative estimate of drug-likeness (QED) is 0.569. The molecule has 0 unspecified atom stereocenters. The minimum atomic E-state index is -0.109. The molecular formula is C26H35NO3. The van der Waals surface area contributed by atoms with E-state index in [1.807, 2.05) is 12.1 Å². The number of hydrogen-bond donors (Lipinski definition) is 1. The molecular weight excluding hydrogens is 374 g/mol. The summed E-state index contributed by atoms with van der Waals surface area (Å²) in [4.78, 5) is 11.8. The van der Waals surface area contributed by atoms with Crippen molar-refractivity contribution in [2.24, 2.45) is 11.8 Å². The van der Waals surface area contributed by atoms with Crippen LogP contribution < -0.4 is 10.1 Å². The lowest BCUT2D eigenvalue weighted by Crippen LogP contribution is -2.42. The molecule has 0 heterocycles. The van der Waals surface area contributed by atoms with Gasteiger partial charge in [-0.05, 0) is 74.1 Å². The van der Waals surface area contributed by atoms with Crippen molar-refractivity contribution in [2.75, 3.05) is 14.2 Å². The van der Waals surface area contributed by atoms with Crippen molar-refractivity contribution in [1.29, 1.82) is 0 Å². The second kappa shape index (κ2) is 11.2. The first-order chi connectivity index (χ1) is 14.6. The lowest BCUT2D eigenvalue weighted by molar-refractivity contribution is -0.141. The van der Waals surface area contributed by atoms with Crippen molar-refractivity contribution >= 4 is 5.97 Å². The fourth-order valence-corrected chi connectivity index (χ4v) is 4.74. The third-order valence-electron chi connectivity index (χ3n) is 6.49. The summed E-state index contributed by atoms with van der Waals surface area (Å²) in [5.74, 6) is 1.91. The molecule has 0 radical (unpaired) electrons. The summed E-state index contributed by atoms with van der Waals surface area (Å²) in [5.41, 5.74) is 2.67. The van der Waals surface area contributed by atoms with Crippen molar-refractivity contribution in [3.8, 4) is 5.75 Å². The van der Waals surface area contributed by atoms with Crippen LogP contribution in [0.3, 0.4) is 0 Å². The van der Waals surface area contributed by atoms with Gasteiger partial charge in [0, 0.05) is 18.5 Å². The summed E-state index contributed by atoms with van der Waals surface area (Å²) in [7, 11) is 3.18. The van der Waals surface area contributed by atoms with Gasteiger partial charge in [0.05, 0.1) is 14.2 Å². The molecule has 0 aromatic heterocycles. The molecule has 1 aliphatic carbocycles. The second-order valence-corrected chi connectivity index (χ2v) is 8.51. The van der Waals surface area contributed by atoms with E-state index < -0.39 is 0 Å². The standard InChI is InChI=1S/C26H35NO3/c1-19(22-7-5-4-6-8-22)27-25-15-11-21(18-23(25)12-16-26(28)30-3)17-20-9-13-24(29-2)14-10-20/h4-10,13-14,19,21,23,25,27H,11-12,15-18H2,1-3H3/t19-,21+,23+,25-/m0/s1. The van der Waals surface area contributed by atoms with Gasteiger partial charge in [0.2, 0.25) is 0 Å². The van der Waals surface area contributed by atoms with Crippen molar-refractivity contribution < 1.29 is 14.3 Å². The van der Waals surface area contributed by atoms with Crippen LogP contribution >= 0.6 is 0 Å². The van der Waals surface area contributed by atoms with E-state index in [-0.39, 0.29) is 5.97 Å². The first-order valence-electron chi connectivity index (χ1n) is 11.1. The number of carbonyl (C=O) groups excluding carboxylic acids is 1. The topological polar surface area (TPSA) is 47.6 Å². The zero-order valence-electron chi connectivity index (χ0n) is 18.5. The van der Waals surface area contributed by atoms with Crippen LogP contribution in [0.5, 0.6) is 5.75 Å². The zero-order chi connectivity index (χ0) is 21.3. The predicted octanol–water partition coefficient (Wildman–Crippen LogP) is 5.33. The molecule has 1 N–H and O–H groups in total. The summed E-state index contributed by atoms with van der Waals surface area (Å²) in [6.07, 6.45) is 5.95. The second-order valence-electron chi connectivity index (χ2n) is 8.51. The molecule has 0 saturated heterocycles. The number of nitrogens with one attached hydrogen (secondary N) is 1. The number of carbonyl (C=O) groups is 1. The van der Waals surface area contributed by atoms with Crippen LogP contribution in [0.4, 0.5) is 0 Å². The van der Waals surface area contributed by atoms with Gasteiger partial charge < -0.3 is 14.8 Å². The van der Waals surface area contributed by atoms with E-state index in [1.165, 1.54) is 24.7 Å². The van der Waals surface area contributed by atoms with Gasteiger partial charge in [-0.1, -0.05) is 42.5 Å². The van der Waals surface area contributed by atoms with E-state index in [0.29, 0.717) is 30.3 Å². The highest BCUT2D eigenvalue weighted by molar-refractivity contribution is 5.69. The summed E-state index contributed by atoms with van der Waals surface area (Å²) in [6, 6.07) is 19.7. The third kappa shape index (κ3) is 6.33. The number of rotatable bonds is 9. The van der Waals surface area contributed by atoms with E-state index in [1.54, 1.807) is 7.11 Å². The van der Waals surface area contributed by atoms with Gasteiger partial charge in [0.25, 0.3) is 0 Å². The molecule has 2 aromatic rings. The molecule has 162 valence electrons. The monoisotopic (exact) mass is 409 g/mol. The maximum atomic E-state index is 11.8. The average molecular weight is 410 g/mol. The summed E-state index contributed by atoms with van der Waals surface area (Å²) in [6.45, 7) is 2.23. The maximum Gasteiger partial charge on any atom is 0.305 e. The molecule has 3 rings (SSSR count). The Morgan fingerprint density at radius 2 is 1.80 bits per heavy atom. The molecule has 1 fully saturated rings. The number of methoxy groups -OCH3 is 2. The fraction of sp³-hybridized carbons (Fsp3) is 0.500. The number of ether oxygens (including phenoxy) is 2. The molecule has 4 heteroatoms. The molecule has 0 bridgehead atoms. The molecule has 0 aliphatic heterocycles. The van der Waals surface area contributed by atoms with Crippen LogP contribution in [0.15, 0.2) is 54.6 Å². The fourth-order valence-electron chi connectivity index (χ4n) is 4.74. The van der Waals surface area contributed by atoms with Crippen LogP contribution in [-0.4, -0.2) is 26.2 Å². The highest BCUT2D eigenvalue weighted by Gasteiger charge is 2.31. The van der Waals surface area contributed by atoms with Crippen LogP contribution in [-0.2, 0) is 16.0 Å². The number of benzene rings is 2. The summed E-state index contributed by atoms with van der Waals surface area (Å²) < 4.78 is 10.2. The smallest absolute Gasteiger partial charge is 0.305 e. The van der Waals surface area contributed by atoms with Gasteiger partial charge in [-0.2, -0.15) is 0 Å². The van der Waals surface area contributed by atoms with Crippen molar-refractivity contribution in [1.82, 2.24) is 5.32 Å². The van der Waals surface area contributed by atoms with Crippen LogP contribution in [0, 0.1) is 11.8 Å². The lowest BCUT2D eigenvalue weighted by atomic mass is 9.73. The Hall–Kier alpha value is -2.33. The summed E-state index contributed by atoms with van der Waals surface area (Å²) in [5, 5.41) is 3.86. The van der Waals surface area contributed by atoms with Crippen LogP contribution in [0.1, 0.15) is 56.2 Å². The molecule has 2 aromatic carbocycles. The van der Waals surface area contributed by atoms with Gasteiger partial charge in [0.1, 0.15) is 5.75 Å². The van der Waals surface area contributed by atoms with Crippen LogP contribution in [0.25, 0.3) is 0 Å². The summed E-state index contributed by atoms with van der Waals surface area (Å²) >= 11 is 0. The normalized spacial score (nSPS) is 22.3. The largest absolute Gasteiger partial charge is 0.497 e. The predicted molar refractivity (Wildman–Crippen MR) is 121 cm³/mol. The highest BCUT2D eigenvalue weighted by atomic mass is 16.5. The van der Waals surface area contributed by atoms with Gasteiger partial charge in [-0.25, -0.2) is 0 Å². The number of esters is 1.